The third-order valence-electron chi connectivity index (χ3n) is 5.73. The highest BCUT2D eigenvalue weighted by atomic mass is 15.2. The Morgan fingerprint density at radius 3 is 1.84 bits per heavy atom. The first-order chi connectivity index (χ1) is 14.9. The SMILES string of the molecule is Cc1cc(C)c(NCCN(CCNc2c(C)cccc2C)Cc2ccccn2)c(C)c1. The molecular formula is C27H36N4. The first-order valence-corrected chi connectivity index (χ1v) is 11.2. The summed E-state index contributed by atoms with van der Waals surface area (Å²) in [6.45, 7) is 15.4. The Kier molecular flexibility index (Phi) is 8.07. The molecule has 3 rings (SSSR count). The summed E-state index contributed by atoms with van der Waals surface area (Å²) in [4.78, 5) is 7.00. The standard InChI is InChI=1S/C27H36N4/c1-20-17-23(4)27(24(5)18-20)30-14-16-31(19-25-11-6-7-12-28-25)15-13-29-26-21(2)9-8-10-22(26)3/h6-12,17-18,29-30H,13-16,19H2,1-5H3. The Morgan fingerprint density at radius 1 is 0.710 bits per heavy atom. The van der Waals surface area contributed by atoms with Crippen LogP contribution in [0.15, 0.2) is 54.7 Å². The number of benzene rings is 2. The van der Waals surface area contributed by atoms with Crippen LogP contribution < -0.4 is 10.6 Å². The topological polar surface area (TPSA) is 40.2 Å². The van der Waals surface area contributed by atoms with E-state index in [1.165, 1.54) is 39.2 Å². The number of anilines is 2. The molecule has 0 saturated carbocycles. The second-order valence-electron chi connectivity index (χ2n) is 8.49. The molecule has 0 spiro atoms. The van der Waals surface area contributed by atoms with Gasteiger partial charge < -0.3 is 10.6 Å². The lowest BCUT2D eigenvalue weighted by Crippen LogP contribution is -2.33. The first kappa shape index (κ1) is 22.8. The summed E-state index contributed by atoms with van der Waals surface area (Å²) in [5.74, 6) is 0. The van der Waals surface area contributed by atoms with Crippen molar-refractivity contribution in [3.63, 3.8) is 0 Å². The fraction of sp³-hybridized carbons (Fsp3) is 0.370. The molecule has 0 aliphatic rings. The molecule has 0 aliphatic heterocycles. The third-order valence-corrected chi connectivity index (χ3v) is 5.73. The van der Waals surface area contributed by atoms with Gasteiger partial charge in [0.05, 0.1) is 5.69 Å². The van der Waals surface area contributed by atoms with E-state index < -0.39 is 0 Å². The molecular weight excluding hydrogens is 380 g/mol. The van der Waals surface area contributed by atoms with Crippen LogP contribution in [0.2, 0.25) is 0 Å². The number of hydrogen-bond donors (Lipinski definition) is 2. The second-order valence-corrected chi connectivity index (χ2v) is 8.49. The summed E-state index contributed by atoms with van der Waals surface area (Å²) in [6.07, 6.45) is 1.87. The van der Waals surface area contributed by atoms with E-state index in [4.69, 9.17) is 0 Å². The van der Waals surface area contributed by atoms with Crippen LogP contribution in [-0.4, -0.2) is 36.1 Å². The van der Waals surface area contributed by atoms with Gasteiger partial charge in [0.1, 0.15) is 0 Å². The molecule has 1 heterocycles. The van der Waals surface area contributed by atoms with Crippen LogP contribution in [0, 0.1) is 34.6 Å². The van der Waals surface area contributed by atoms with Gasteiger partial charge in [-0.05, 0) is 69.0 Å². The third kappa shape index (κ3) is 6.56. The van der Waals surface area contributed by atoms with E-state index in [0.717, 1.165) is 38.4 Å². The molecule has 0 amide bonds. The first-order valence-electron chi connectivity index (χ1n) is 11.2. The van der Waals surface area contributed by atoms with E-state index in [2.05, 4.69) is 97.6 Å². The molecule has 1 aromatic heterocycles. The summed E-state index contributed by atoms with van der Waals surface area (Å²) in [5.41, 5.74) is 10.1. The van der Waals surface area contributed by atoms with Gasteiger partial charge in [0, 0.05) is 50.3 Å². The van der Waals surface area contributed by atoms with Gasteiger partial charge in [-0.2, -0.15) is 0 Å². The maximum atomic E-state index is 4.53. The largest absolute Gasteiger partial charge is 0.383 e. The smallest absolute Gasteiger partial charge is 0.0543 e. The quantitative estimate of drug-likeness (QED) is 0.448. The van der Waals surface area contributed by atoms with E-state index in [-0.39, 0.29) is 0 Å². The van der Waals surface area contributed by atoms with Crippen LogP contribution in [0.4, 0.5) is 11.4 Å². The minimum atomic E-state index is 0.850. The summed E-state index contributed by atoms with van der Waals surface area (Å²) in [7, 11) is 0. The summed E-state index contributed by atoms with van der Waals surface area (Å²) >= 11 is 0. The van der Waals surface area contributed by atoms with E-state index >= 15 is 0 Å². The molecule has 0 fully saturated rings. The van der Waals surface area contributed by atoms with Crippen molar-refractivity contribution in [3.8, 4) is 0 Å². The van der Waals surface area contributed by atoms with Crippen molar-refractivity contribution in [2.24, 2.45) is 0 Å². The Labute approximate surface area is 187 Å². The Hall–Kier alpha value is -2.85. The summed E-state index contributed by atoms with van der Waals surface area (Å²) in [5, 5.41) is 7.32. The highest BCUT2D eigenvalue weighted by molar-refractivity contribution is 5.58. The van der Waals surface area contributed by atoms with Crippen molar-refractivity contribution in [1.82, 2.24) is 9.88 Å². The molecule has 3 aromatic rings. The van der Waals surface area contributed by atoms with Gasteiger partial charge >= 0.3 is 0 Å². The molecule has 4 nitrogen and oxygen atoms in total. The Bertz CT molecular complexity index is 939. The van der Waals surface area contributed by atoms with E-state index in [0.29, 0.717) is 0 Å². The molecule has 0 radical (unpaired) electrons. The molecule has 0 unspecified atom stereocenters. The van der Waals surface area contributed by atoms with Gasteiger partial charge in [-0.1, -0.05) is 42.0 Å². The van der Waals surface area contributed by atoms with E-state index in [1.807, 2.05) is 12.3 Å². The molecule has 2 aromatic carbocycles. The van der Waals surface area contributed by atoms with Gasteiger partial charge in [0.25, 0.3) is 0 Å². The molecule has 4 heteroatoms. The number of pyridine rings is 1. The molecule has 164 valence electrons. The zero-order valence-corrected chi connectivity index (χ0v) is 19.6. The monoisotopic (exact) mass is 416 g/mol. The molecule has 0 bridgehead atoms. The van der Waals surface area contributed by atoms with Crippen molar-refractivity contribution in [1.29, 1.82) is 0 Å². The molecule has 0 aliphatic carbocycles. The molecule has 2 N–H and O–H groups in total. The number of rotatable bonds is 10. The predicted octanol–water partition coefficient (Wildman–Crippen LogP) is 5.65. The van der Waals surface area contributed by atoms with Gasteiger partial charge in [-0.25, -0.2) is 0 Å². The van der Waals surface area contributed by atoms with Crippen LogP contribution >= 0.6 is 0 Å². The Morgan fingerprint density at radius 2 is 1.29 bits per heavy atom. The van der Waals surface area contributed by atoms with Crippen LogP contribution in [0.1, 0.15) is 33.5 Å². The lowest BCUT2D eigenvalue weighted by Gasteiger charge is -2.24. The predicted molar refractivity (Wildman–Crippen MR) is 133 cm³/mol. The van der Waals surface area contributed by atoms with Gasteiger partial charge in [0.2, 0.25) is 0 Å². The van der Waals surface area contributed by atoms with Crippen molar-refractivity contribution in [2.45, 2.75) is 41.2 Å². The number of nitrogens with zero attached hydrogens (tertiary/aromatic N) is 2. The Balaban J connectivity index is 1.61. The van der Waals surface area contributed by atoms with Crippen LogP contribution in [0.25, 0.3) is 0 Å². The van der Waals surface area contributed by atoms with Crippen LogP contribution in [0.5, 0.6) is 0 Å². The summed E-state index contributed by atoms with van der Waals surface area (Å²) in [6, 6.07) is 17.1. The maximum Gasteiger partial charge on any atom is 0.0543 e. The normalized spacial score (nSPS) is 11.0. The molecule has 0 saturated heterocycles. The lowest BCUT2D eigenvalue weighted by molar-refractivity contribution is 0.283. The fourth-order valence-corrected chi connectivity index (χ4v) is 4.22. The fourth-order valence-electron chi connectivity index (χ4n) is 4.22. The number of hydrogen-bond acceptors (Lipinski definition) is 4. The van der Waals surface area contributed by atoms with E-state index in [1.54, 1.807) is 0 Å². The summed E-state index contributed by atoms with van der Waals surface area (Å²) < 4.78 is 0. The molecule has 31 heavy (non-hydrogen) atoms. The van der Waals surface area contributed by atoms with Crippen molar-refractivity contribution in [3.05, 3.63) is 88.2 Å². The zero-order chi connectivity index (χ0) is 22.2. The van der Waals surface area contributed by atoms with Crippen molar-refractivity contribution >= 4 is 11.4 Å². The average molecular weight is 417 g/mol. The van der Waals surface area contributed by atoms with Gasteiger partial charge in [0.15, 0.2) is 0 Å². The van der Waals surface area contributed by atoms with Gasteiger partial charge in [-0.15, -0.1) is 0 Å². The number of aromatic nitrogens is 1. The maximum absolute atomic E-state index is 4.53. The highest BCUT2D eigenvalue weighted by Crippen LogP contribution is 2.22. The highest BCUT2D eigenvalue weighted by Gasteiger charge is 2.09. The average Bonchev–Trinajstić information content (AvgIpc) is 2.72. The van der Waals surface area contributed by atoms with E-state index in [9.17, 15) is 0 Å². The molecule has 0 atom stereocenters. The lowest BCUT2D eigenvalue weighted by atomic mass is 10.1. The number of nitrogens with one attached hydrogen (secondary N) is 2. The van der Waals surface area contributed by atoms with Crippen LogP contribution in [-0.2, 0) is 6.54 Å². The van der Waals surface area contributed by atoms with Crippen LogP contribution in [0.3, 0.4) is 0 Å². The minimum absolute atomic E-state index is 0.850. The number of para-hydroxylation sites is 1. The van der Waals surface area contributed by atoms with Crippen molar-refractivity contribution in [2.75, 3.05) is 36.8 Å². The number of aryl methyl sites for hydroxylation is 5. The van der Waals surface area contributed by atoms with Crippen molar-refractivity contribution < 1.29 is 0 Å². The van der Waals surface area contributed by atoms with Gasteiger partial charge in [-0.3, -0.25) is 9.88 Å². The zero-order valence-electron chi connectivity index (χ0n) is 19.6. The second kappa shape index (κ2) is 11.0. The minimum Gasteiger partial charge on any atom is -0.383 e.